The summed E-state index contributed by atoms with van der Waals surface area (Å²) in [6.45, 7) is 0. The molecule has 0 spiro atoms. The monoisotopic (exact) mass is 131 g/mol. The maximum absolute atomic E-state index is 10.2. The van der Waals surface area contributed by atoms with Gasteiger partial charge in [0.25, 0.3) is 0 Å². The van der Waals surface area contributed by atoms with Crippen LogP contribution in [0.4, 0.5) is 4.79 Å². The second-order valence-corrected chi connectivity index (χ2v) is 2.02. The van der Waals surface area contributed by atoms with E-state index in [0.717, 1.165) is 0 Å². The number of carbonyl (C=O) groups is 1. The molecule has 44 valence electrons. The predicted octanol–water partition coefficient (Wildman–Crippen LogP) is 0.00470. The third-order valence-corrected chi connectivity index (χ3v) is 1.38. The van der Waals surface area contributed by atoms with Gasteiger partial charge < -0.3 is 5.73 Å². The molecule has 0 aromatic heterocycles. The topological polar surface area (TPSA) is 58.4 Å². The molecule has 1 aliphatic rings. The number of nitrogens with zero attached hydrogens (tertiary/aromatic N) is 1. The Morgan fingerprint density at radius 3 is 2.88 bits per heavy atom. The molecule has 0 unspecified atom stereocenters. The third kappa shape index (κ3) is 0.865. The maximum Gasteiger partial charge on any atom is 0.344 e. The number of nitrogens with two attached hydrogens (primary N) is 1. The van der Waals surface area contributed by atoms with E-state index in [4.69, 9.17) is 5.73 Å². The van der Waals surface area contributed by atoms with Gasteiger partial charge in [-0.1, -0.05) is 0 Å². The Kier molecular flexibility index (Phi) is 1.29. The van der Waals surface area contributed by atoms with Gasteiger partial charge in [0.1, 0.15) is 0 Å². The van der Waals surface area contributed by atoms with Crippen LogP contribution in [0.2, 0.25) is 0 Å². The van der Waals surface area contributed by atoms with E-state index in [9.17, 15) is 4.79 Å². The fourth-order valence-corrected chi connectivity index (χ4v) is 0.804. The second-order valence-electron chi connectivity index (χ2n) is 1.17. The van der Waals surface area contributed by atoms with Gasteiger partial charge in [0.05, 0.1) is 0 Å². The number of hydrazine groups is 1. The van der Waals surface area contributed by atoms with Crippen LogP contribution in [0.1, 0.15) is 0 Å². The lowest BCUT2D eigenvalue weighted by molar-refractivity contribution is 0.230. The molecule has 4 nitrogen and oxygen atoms in total. The molecular weight excluding hydrogens is 126 g/mol. The molecule has 0 saturated carbocycles. The Bertz CT molecular complexity index is 126. The molecular formula is C3H5N3OS. The van der Waals surface area contributed by atoms with E-state index < -0.39 is 6.03 Å². The first-order valence-electron chi connectivity index (χ1n) is 1.98. The van der Waals surface area contributed by atoms with Gasteiger partial charge >= 0.3 is 6.03 Å². The number of rotatable bonds is 0. The predicted molar refractivity (Wildman–Crippen MR) is 31.3 cm³/mol. The molecule has 8 heavy (non-hydrogen) atoms. The van der Waals surface area contributed by atoms with Crippen LogP contribution in [0.25, 0.3) is 0 Å². The minimum atomic E-state index is -0.486. The molecule has 2 amide bonds. The van der Waals surface area contributed by atoms with Gasteiger partial charge in [0.15, 0.2) is 0 Å². The summed E-state index contributed by atoms with van der Waals surface area (Å²) in [5, 5.41) is 1.73. The Morgan fingerprint density at radius 1 is 1.88 bits per heavy atom. The SMILES string of the molecule is NC(=O)N1NC=CS1. The molecule has 0 radical (unpaired) electrons. The highest BCUT2D eigenvalue weighted by Crippen LogP contribution is 2.11. The summed E-state index contributed by atoms with van der Waals surface area (Å²) in [5.41, 5.74) is 7.46. The minimum Gasteiger partial charge on any atom is -0.349 e. The molecule has 1 rings (SSSR count). The number of primary amides is 1. The molecule has 5 heteroatoms. The lowest BCUT2D eigenvalue weighted by Gasteiger charge is -2.08. The quantitative estimate of drug-likeness (QED) is 0.455. The van der Waals surface area contributed by atoms with Crippen molar-refractivity contribution in [3.05, 3.63) is 11.6 Å². The number of carbonyl (C=O) groups excluding carboxylic acids is 1. The standard InChI is InChI=1S/C3H5N3OS/c4-3(7)6-5-1-2-8-6/h1-2,5H,(H2,4,7). The van der Waals surface area contributed by atoms with Gasteiger partial charge in [-0.25, -0.2) is 4.79 Å². The van der Waals surface area contributed by atoms with Crippen molar-refractivity contribution < 1.29 is 4.79 Å². The van der Waals surface area contributed by atoms with Crippen LogP contribution in [0, 0.1) is 0 Å². The smallest absolute Gasteiger partial charge is 0.344 e. The van der Waals surface area contributed by atoms with Gasteiger partial charge in [-0.15, -0.1) is 0 Å². The summed E-state index contributed by atoms with van der Waals surface area (Å²) in [4.78, 5) is 10.2. The van der Waals surface area contributed by atoms with E-state index in [2.05, 4.69) is 5.43 Å². The first-order chi connectivity index (χ1) is 3.80. The van der Waals surface area contributed by atoms with E-state index in [1.807, 2.05) is 0 Å². The van der Waals surface area contributed by atoms with Crippen LogP contribution in [0.5, 0.6) is 0 Å². The fourth-order valence-electron chi connectivity index (χ4n) is 0.335. The molecule has 0 aromatic rings. The number of hydrogen-bond acceptors (Lipinski definition) is 3. The molecule has 0 fully saturated rings. The zero-order valence-electron chi connectivity index (χ0n) is 4.00. The van der Waals surface area contributed by atoms with Gasteiger partial charge in [0.2, 0.25) is 0 Å². The zero-order valence-corrected chi connectivity index (χ0v) is 4.81. The van der Waals surface area contributed by atoms with Crippen LogP contribution in [-0.4, -0.2) is 10.4 Å². The molecule has 0 saturated heterocycles. The highest BCUT2D eigenvalue weighted by molar-refractivity contribution is 8.00. The molecule has 3 N–H and O–H groups in total. The number of hydrogen-bond donors (Lipinski definition) is 2. The Morgan fingerprint density at radius 2 is 2.62 bits per heavy atom. The normalized spacial score (nSPS) is 16.2. The molecule has 0 aliphatic carbocycles. The van der Waals surface area contributed by atoms with Crippen LogP contribution in [-0.2, 0) is 0 Å². The molecule has 0 atom stereocenters. The van der Waals surface area contributed by atoms with E-state index in [1.165, 1.54) is 16.4 Å². The van der Waals surface area contributed by atoms with Gasteiger partial charge in [-0.05, 0) is 0 Å². The van der Waals surface area contributed by atoms with Crippen molar-refractivity contribution in [2.75, 3.05) is 0 Å². The molecule has 1 aliphatic heterocycles. The second kappa shape index (κ2) is 1.95. The van der Waals surface area contributed by atoms with Gasteiger partial charge in [0, 0.05) is 23.6 Å². The lowest BCUT2D eigenvalue weighted by Crippen LogP contribution is -2.35. The maximum atomic E-state index is 10.2. The average Bonchev–Trinajstić information content (AvgIpc) is 2.12. The summed E-state index contributed by atoms with van der Waals surface area (Å²) < 4.78 is 1.22. The Balaban J connectivity index is 2.41. The van der Waals surface area contributed by atoms with E-state index in [1.54, 1.807) is 11.6 Å². The van der Waals surface area contributed by atoms with Crippen LogP contribution in [0.15, 0.2) is 11.6 Å². The molecule has 0 aromatic carbocycles. The highest BCUT2D eigenvalue weighted by Gasteiger charge is 2.09. The van der Waals surface area contributed by atoms with Crippen molar-refractivity contribution in [2.24, 2.45) is 5.73 Å². The van der Waals surface area contributed by atoms with E-state index in [0.29, 0.717) is 0 Å². The van der Waals surface area contributed by atoms with Crippen molar-refractivity contribution in [3.63, 3.8) is 0 Å². The zero-order chi connectivity index (χ0) is 5.98. The van der Waals surface area contributed by atoms with Crippen molar-refractivity contribution >= 4 is 18.0 Å². The number of amides is 2. The van der Waals surface area contributed by atoms with Crippen molar-refractivity contribution in [1.29, 1.82) is 0 Å². The lowest BCUT2D eigenvalue weighted by atomic mass is 11.0. The van der Waals surface area contributed by atoms with E-state index >= 15 is 0 Å². The molecule has 1 heterocycles. The van der Waals surface area contributed by atoms with E-state index in [-0.39, 0.29) is 0 Å². The number of nitrogens with one attached hydrogen (secondary N) is 1. The third-order valence-electron chi connectivity index (χ3n) is 0.626. The summed E-state index contributed by atoms with van der Waals surface area (Å²) in [7, 11) is 0. The fraction of sp³-hybridized carbons (Fsp3) is 0. The van der Waals surface area contributed by atoms with Gasteiger partial charge in [-0.3, -0.25) is 5.43 Å². The summed E-state index contributed by atoms with van der Waals surface area (Å²) in [5.74, 6) is 0. The van der Waals surface area contributed by atoms with Crippen molar-refractivity contribution in [3.8, 4) is 0 Å². The summed E-state index contributed by atoms with van der Waals surface area (Å²) >= 11 is 1.22. The first-order valence-corrected chi connectivity index (χ1v) is 2.82. The summed E-state index contributed by atoms with van der Waals surface area (Å²) in [6.07, 6.45) is 1.63. The summed E-state index contributed by atoms with van der Waals surface area (Å²) in [6, 6.07) is -0.486. The van der Waals surface area contributed by atoms with Crippen LogP contribution < -0.4 is 11.2 Å². The van der Waals surface area contributed by atoms with Crippen LogP contribution in [0.3, 0.4) is 0 Å². The van der Waals surface area contributed by atoms with Gasteiger partial charge in [-0.2, -0.15) is 4.41 Å². The van der Waals surface area contributed by atoms with Crippen molar-refractivity contribution in [1.82, 2.24) is 9.84 Å². The Labute approximate surface area is 50.8 Å². The largest absolute Gasteiger partial charge is 0.349 e. The highest BCUT2D eigenvalue weighted by atomic mass is 32.2. The minimum absolute atomic E-state index is 0.486. The first kappa shape index (κ1) is 5.30. The average molecular weight is 131 g/mol. The number of urea groups is 1. The van der Waals surface area contributed by atoms with Crippen molar-refractivity contribution in [2.45, 2.75) is 0 Å². The Hall–Kier alpha value is -0.840. The van der Waals surface area contributed by atoms with Crippen LogP contribution >= 0.6 is 11.9 Å². The molecule has 0 bridgehead atoms.